The lowest BCUT2D eigenvalue weighted by atomic mass is 10.3. The summed E-state index contributed by atoms with van der Waals surface area (Å²) in [5, 5.41) is 2.76. The van der Waals surface area contributed by atoms with Crippen molar-refractivity contribution in [3.05, 3.63) is 21.9 Å². The third-order valence-electron chi connectivity index (χ3n) is 1.71. The van der Waals surface area contributed by atoms with Gasteiger partial charge in [-0.25, -0.2) is 0 Å². The molecule has 0 aliphatic rings. The van der Waals surface area contributed by atoms with Crippen molar-refractivity contribution in [2.24, 2.45) is 0 Å². The summed E-state index contributed by atoms with van der Waals surface area (Å²) >= 11 is 1.24. The number of carbonyl (C=O) groups excluding carboxylic acids is 2. The summed E-state index contributed by atoms with van der Waals surface area (Å²) in [6.45, 7) is 4.17. The Morgan fingerprint density at radius 1 is 1.36 bits per heavy atom. The zero-order valence-electron chi connectivity index (χ0n) is 8.29. The van der Waals surface area contributed by atoms with Crippen LogP contribution in [0.5, 0.6) is 0 Å². The zero-order valence-corrected chi connectivity index (χ0v) is 9.11. The average molecular weight is 211 g/mol. The summed E-state index contributed by atoms with van der Waals surface area (Å²) in [4.78, 5) is 23.6. The van der Waals surface area contributed by atoms with Crippen LogP contribution < -0.4 is 5.32 Å². The van der Waals surface area contributed by atoms with E-state index in [0.717, 1.165) is 6.42 Å². The monoisotopic (exact) mass is 211 g/mol. The summed E-state index contributed by atoms with van der Waals surface area (Å²) in [7, 11) is 0. The standard InChI is InChI=1S/C10H13NO2S/c1-3-6-11-10(13)9-5-4-8(14-9)7(2)12/h4-5H,3,6H2,1-2H3,(H,11,13). The fourth-order valence-corrected chi connectivity index (χ4v) is 1.79. The molecule has 14 heavy (non-hydrogen) atoms. The van der Waals surface area contributed by atoms with Crippen molar-refractivity contribution < 1.29 is 9.59 Å². The molecular weight excluding hydrogens is 198 g/mol. The first-order valence-corrected chi connectivity index (χ1v) is 5.35. The third-order valence-corrected chi connectivity index (χ3v) is 2.90. The summed E-state index contributed by atoms with van der Waals surface area (Å²) in [5.41, 5.74) is 0. The summed E-state index contributed by atoms with van der Waals surface area (Å²) < 4.78 is 0. The Bertz CT molecular complexity index is 344. The second-order valence-corrected chi connectivity index (χ2v) is 4.06. The zero-order chi connectivity index (χ0) is 10.6. The molecule has 1 amide bonds. The van der Waals surface area contributed by atoms with Gasteiger partial charge in [-0.3, -0.25) is 9.59 Å². The predicted molar refractivity (Wildman–Crippen MR) is 56.9 cm³/mol. The van der Waals surface area contributed by atoms with E-state index < -0.39 is 0 Å². The number of Topliss-reactive ketones (excluding diaryl/α,β-unsaturated/α-hetero) is 1. The van der Waals surface area contributed by atoms with Crippen LogP contribution in [0.15, 0.2) is 12.1 Å². The molecule has 0 saturated carbocycles. The van der Waals surface area contributed by atoms with E-state index >= 15 is 0 Å². The first kappa shape index (κ1) is 10.9. The van der Waals surface area contributed by atoms with Crippen LogP contribution in [0.1, 0.15) is 39.6 Å². The van der Waals surface area contributed by atoms with Crippen LogP contribution in [0.3, 0.4) is 0 Å². The number of thiophene rings is 1. The van der Waals surface area contributed by atoms with Gasteiger partial charge >= 0.3 is 0 Å². The maximum absolute atomic E-state index is 11.4. The maximum atomic E-state index is 11.4. The molecule has 0 aliphatic heterocycles. The molecule has 0 saturated heterocycles. The Kier molecular flexibility index (Phi) is 3.83. The number of ketones is 1. The van der Waals surface area contributed by atoms with Gasteiger partial charge in [0.25, 0.3) is 5.91 Å². The van der Waals surface area contributed by atoms with Crippen molar-refractivity contribution in [1.29, 1.82) is 0 Å². The normalized spacial score (nSPS) is 9.86. The molecule has 1 N–H and O–H groups in total. The lowest BCUT2D eigenvalue weighted by Gasteiger charge is -1.99. The van der Waals surface area contributed by atoms with Crippen LogP contribution in [-0.4, -0.2) is 18.2 Å². The fourth-order valence-electron chi connectivity index (χ4n) is 0.975. The van der Waals surface area contributed by atoms with Crippen molar-refractivity contribution in [2.75, 3.05) is 6.54 Å². The van der Waals surface area contributed by atoms with E-state index in [-0.39, 0.29) is 11.7 Å². The smallest absolute Gasteiger partial charge is 0.261 e. The van der Waals surface area contributed by atoms with Crippen LogP contribution in [0, 0.1) is 0 Å². The minimum absolute atomic E-state index is 0.00421. The number of nitrogens with one attached hydrogen (secondary N) is 1. The molecule has 1 aromatic rings. The minimum Gasteiger partial charge on any atom is -0.351 e. The number of hydrogen-bond donors (Lipinski definition) is 1. The Balaban J connectivity index is 2.66. The Labute approximate surface area is 87.1 Å². The van der Waals surface area contributed by atoms with E-state index in [0.29, 0.717) is 16.3 Å². The van der Waals surface area contributed by atoms with Gasteiger partial charge < -0.3 is 5.32 Å². The van der Waals surface area contributed by atoms with Gasteiger partial charge in [0.15, 0.2) is 5.78 Å². The maximum Gasteiger partial charge on any atom is 0.261 e. The Morgan fingerprint density at radius 2 is 2.00 bits per heavy atom. The first-order valence-electron chi connectivity index (χ1n) is 4.54. The van der Waals surface area contributed by atoms with Crippen molar-refractivity contribution in [2.45, 2.75) is 20.3 Å². The van der Waals surface area contributed by atoms with E-state index in [4.69, 9.17) is 0 Å². The van der Waals surface area contributed by atoms with Gasteiger partial charge in [0.1, 0.15) is 0 Å². The fraction of sp³-hybridized carbons (Fsp3) is 0.400. The highest BCUT2D eigenvalue weighted by molar-refractivity contribution is 7.15. The molecule has 0 spiro atoms. The van der Waals surface area contributed by atoms with Crippen LogP contribution in [0.25, 0.3) is 0 Å². The van der Waals surface area contributed by atoms with Gasteiger partial charge in [0.05, 0.1) is 9.75 Å². The van der Waals surface area contributed by atoms with E-state index in [9.17, 15) is 9.59 Å². The van der Waals surface area contributed by atoms with Gasteiger partial charge in [0, 0.05) is 6.54 Å². The second kappa shape index (κ2) is 4.91. The molecular formula is C10H13NO2S. The SMILES string of the molecule is CCCNC(=O)c1ccc(C(C)=O)s1. The Hall–Kier alpha value is -1.16. The molecule has 0 radical (unpaired) electrons. The van der Waals surface area contributed by atoms with Crippen LogP contribution in [-0.2, 0) is 0 Å². The molecule has 0 bridgehead atoms. The first-order chi connectivity index (χ1) is 6.65. The minimum atomic E-state index is -0.0932. The molecule has 0 fully saturated rings. The van der Waals surface area contributed by atoms with Crippen LogP contribution in [0.4, 0.5) is 0 Å². The number of carbonyl (C=O) groups is 2. The summed E-state index contributed by atoms with van der Waals surface area (Å²) in [5.74, 6) is -0.0890. The highest BCUT2D eigenvalue weighted by Gasteiger charge is 2.09. The Morgan fingerprint density at radius 3 is 2.50 bits per heavy atom. The van der Waals surface area contributed by atoms with Crippen molar-refractivity contribution in [1.82, 2.24) is 5.32 Å². The van der Waals surface area contributed by atoms with Crippen molar-refractivity contribution >= 4 is 23.0 Å². The lowest BCUT2D eigenvalue weighted by molar-refractivity contribution is 0.0957. The van der Waals surface area contributed by atoms with Crippen molar-refractivity contribution in [3.8, 4) is 0 Å². The highest BCUT2D eigenvalue weighted by atomic mass is 32.1. The van der Waals surface area contributed by atoms with E-state index in [2.05, 4.69) is 5.32 Å². The number of rotatable bonds is 4. The molecule has 1 heterocycles. The van der Waals surface area contributed by atoms with E-state index in [1.54, 1.807) is 12.1 Å². The number of amides is 1. The molecule has 1 rings (SSSR count). The summed E-state index contributed by atoms with van der Waals surface area (Å²) in [6, 6.07) is 3.38. The van der Waals surface area contributed by atoms with Gasteiger partial charge in [-0.15, -0.1) is 11.3 Å². The number of hydrogen-bond acceptors (Lipinski definition) is 3. The van der Waals surface area contributed by atoms with E-state index in [1.165, 1.54) is 18.3 Å². The summed E-state index contributed by atoms with van der Waals surface area (Å²) in [6.07, 6.45) is 0.913. The largest absolute Gasteiger partial charge is 0.351 e. The van der Waals surface area contributed by atoms with Gasteiger partial charge in [-0.1, -0.05) is 6.92 Å². The molecule has 0 atom stereocenters. The molecule has 76 valence electrons. The highest BCUT2D eigenvalue weighted by Crippen LogP contribution is 2.16. The van der Waals surface area contributed by atoms with Crippen LogP contribution in [0.2, 0.25) is 0 Å². The quantitative estimate of drug-likeness (QED) is 0.775. The van der Waals surface area contributed by atoms with E-state index in [1.807, 2.05) is 6.92 Å². The third kappa shape index (κ3) is 2.67. The topological polar surface area (TPSA) is 46.2 Å². The van der Waals surface area contributed by atoms with Crippen molar-refractivity contribution in [3.63, 3.8) is 0 Å². The second-order valence-electron chi connectivity index (χ2n) is 2.98. The van der Waals surface area contributed by atoms with Crippen LogP contribution >= 0.6 is 11.3 Å². The van der Waals surface area contributed by atoms with Gasteiger partial charge in [-0.05, 0) is 25.5 Å². The molecule has 0 aromatic carbocycles. The average Bonchev–Trinajstić information content (AvgIpc) is 2.62. The van der Waals surface area contributed by atoms with Gasteiger partial charge in [-0.2, -0.15) is 0 Å². The molecule has 1 aromatic heterocycles. The molecule has 0 aliphatic carbocycles. The molecule has 3 nitrogen and oxygen atoms in total. The molecule has 0 unspecified atom stereocenters. The molecule has 4 heteroatoms. The van der Waals surface area contributed by atoms with Gasteiger partial charge in [0.2, 0.25) is 0 Å². The predicted octanol–water partition coefficient (Wildman–Crippen LogP) is 2.09. The lowest BCUT2D eigenvalue weighted by Crippen LogP contribution is -2.22.